The van der Waals surface area contributed by atoms with Crippen molar-refractivity contribution in [2.24, 2.45) is 5.92 Å². The van der Waals surface area contributed by atoms with Crippen LogP contribution in [0.15, 0.2) is 36.4 Å². The van der Waals surface area contributed by atoms with Crippen molar-refractivity contribution in [2.75, 3.05) is 19.0 Å². The number of halogens is 1. The highest BCUT2D eigenvalue weighted by Crippen LogP contribution is 2.21. The molecule has 27 heavy (non-hydrogen) atoms. The molecule has 1 N–H and O–H groups in total. The van der Waals surface area contributed by atoms with Crippen LogP contribution in [0, 0.1) is 5.92 Å². The second kappa shape index (κ2) is 14.7. The summed E-state index contributed by atoms with van der Waals surface area (Å²) in [6.45, 7) is 4.94. The summed E-state index contributed by atoms with van der Waals surface area (Å²) in [5.74, 6) is 1.36. The van der Waals surface area contributed by atoms with E-state index in [2.05, 4.69) is 47.2 Å². The summed E-state index contributed by atoms with van der Waals surface area (Å²) < 4.78 is 11.2. The lowest BCUT2D eigenvalue weighted by atomic mass is 10.1. The molecule has 0 heterocycles. The zero-order valence-electron chi connectivity index (χ0n) is 16.9. The Morgan fingerprint density at radius 2 is 2.04 bits per heavy atom. The van der Waals surface area contributed by atoms with Crippen LogP contribution in [0.4, 0.5) is 0 Å². The first-order valence-electron chi connectivity index (χ1n) is 9.84. The molecule has 1 aromatic rings. The van der Waals surface area contributed by atoms with Gasteiger partial charge in [-0.05, 0) is 50.2 Å². The smallest absolute Gasteiger partial charge is 0.222 e. The Labute approximate surface area is 172 Å². The van der Waals surface area contributed by atoms with Crippen molar-refractivity contribution in [3.63, 3.8) is 0 Å². The van der Waals surface area contributed by atoms with Crippen LogP contribution in [0.2, 0.25) is 0 Å². The van der Waals surface area contributed by atoms with E-state index < -0.39 is 6.23 Å². The predicted octanol–water partition coefficient (Wildman–Crippen LogP) is 5.77. The molecule has 0 spiro atoms. The molecule has 0 bridgehead atoms. The number of carbonyl (C=O) groups is 1. The summed E-state index contributed by atoms with van der Waals surface area (Å²) in [7, 11) is 1.64. The maximum absolute atomic E-state index is 12.4. The fourth-order valence-electron chi connectivity index (χ4n) is 2.56. The van der Waals surface area contributed by atoms with Crippen molar-refractivity contribution in [2.45, 2.75) is 58.6 Å². The number of hydrogen-bond donors (Lipinski definition) is 1. The lowest BCUT2D eigenvalue weighted by Crippen LogP contribution is -2.30. The minimum atomic E-state index is -0.441. The summed E-state index contributed by atoms with van der Waals surface area (Å²) in [5, 5.41) is 3.98. The third-order valence-electron chi connectivity index (χ3n) is 4.05. The Kier molecular flexibility index (Phi) is 12.9. The average Bonchev–Trinajstić information content (AvgIpc) is 2.66. The molecule has 1 amide bonds. The largest absolute Gasteiger partial charge is 0.497 e. The third kappa shape index (κ3) is 11.2. The van der Waals surface area contributed by atoms with Crippen LogP contribution in [0.1, 0.15) is 64.2 Å². The van der Waals surface area contributed by atoms with Gasteiger partial charge in [0.15, 0.2) is 6.23 Å². The predicted molar refractivity (Wildman–Crippen MR) is 115 cm³/mol. The van der Waals surface area contributed by atoms with Gasteiger partial charge in [0.05, 0.1) is 7.11 Å². The van der Waals surface area contributed by atoms with Crippen LogP contribution < -0.4 is 10.1 Å². The Morgan fingerprint density at radius 3 is 2.74 bits per heavy atom. The van der Waals surface area contributed by atoms with E-state index in [1.807, 2.05) is 24.3 Å². The van der Waals surface area contributed by atoms with Crippen LogP contribution in [0.5, 0.6) is 5.75 Å². The zero-order chi connectivity index (χ0) is 19.9. The van der Waals surface area contributed by atoms with E-state index in [-0.39, 0.29) is 5.91 Å². The Hall–Kier alpha value is -1.33. The number of hydrogen-bond acceptors (Lipinski definition) is 3. The molecule has 1 aromatic carbocycles. The van der Waals surface area contributed by atoms with E-state index in [1.165, 1.54) is 0 Å². The van der Waals surface area contributed by atoms with Crippen molar-refractivity contribution in [3.8, 4) is 5.75 Å². The van der Waals surface area contributed by atoms with Crippen molar-refractivity contribution in [1.29, 1.82) is 0 Å². The molecule has 1 rings (SSSR count). The van der Waals surface area contributed by atoms with Gasteiger partial charge in [-0.15, -0.1) is 0 Å². The Morgan fingerprint density at radius 1 is 1.22 bits per heavy atom. The monoisotopic (exact) mass is 439 g/mol. The second-order valence-electron chi connectivity index (χ2n) is 6.91. The van der Waals surface area contributed by atoms with E-state index in [9.17, 15) is 4.79 Å². The molecule has 4 nitrogen and oxygen atoms in total. The molecule has 0 radical (unpaired) electrons. The standard InChI is InChI=1S/C22H34BrNO3/c1-18(2)11-6-4-5-7-14-21(25)24-22(27-16-9-8-15-23)19-12-10-13-20(17-19)26-3/h6,10-13,17-18,22H,4-5,7-9,14-16H2,1-3H3,(H,24,25). The average molecular weight is 440 g/mol. The summed E-state index contributed by atoms with van der Waals surface area (Å²) in [5.41, 5.74) is 0.904. The molecule has 1 unspecified atom stereocenters. The quantitative estimate of drug-likeness (QED) is 0.173. The van der Waals surface area contributed by atoms with Crippen LogP contribution in [-0.4, -0.2) is 25.0 Å². The molecule has 0 fully saturated rings. The number of methoxy groups -OCH3 is 1. The van der Waals surface area contributed by atoms with E-state index in [0.29, 0.717) is 18.9 Å². The van der Waals surface area contributed by atoms with Crippen LogP contribution >= 0.6 is 15.9 Å². The van der Waals surface area contributed by atoms with Crippen molar-refractivity contribution < 1.29 is 14.3 Å². The number of benzene rings is 1. The number of carbonyl (C=O) groups excluding carboxylic acids is 1. The fraction of sp³-hybridized carbons (Fsp3) is 0.591. The molecular weight excluding hydrogens is 406 g/mol. The molecule has 152 valence electrons. The van der Waals surface area contributed by atoms with E-state index in [0.717, 1.165) is 48.7 Å². The van der Waals surface area contributed by atoms with Crippen molar-refractivity contribution in [3.05, 3.63) is 42.0 Å². The molecule has 0 aliphatic rings. The van der Waals surface area contributed by atoms with Gasteiger partial charge in [-0.25, -0.2) is 0 Å². The number of rotatable bonds is 14. The van der Waals surface area contributed by atoms with Gasteiger partial charge in [-0.1, -0.05) is 54.1 Å². The van der Waals surface area contributed by atoms with Crippen LogP contribution in [0.25, 0.3) is 0 Å². The maximum atomic E-state index is 12.4. The van der Waals surface area contributed by atoms with Gasteiger partial charge in [0, 0.05) is 23.9 Å². The Balaban J connectivity index is 2.52. The summed E-state index contributed by atoms with van der Waals surface area (Å²) >= 11 is 3.43. The molecule has 0 aromatic heterocycles. The summed E-state index contributed by atoms with van der Waals surface area (Å²) in [4.78, 5) is 12.4. The van der Waals surface area contributed by atoms with Gasteiger partial charge < -0.3 is 14.8 Å². The Bertz CT molecular complexity index is 560. The second-order valence-corrected chi connectivity index (χ2v) is 7.70. The number of ether oxygens (including phenoxy) is 2. The van der Waals surface area contributed by atoms with E-state index in [4.69, 9.17) is 9.47 Å². The summed E-state index contributed by atoms with van der Waals surface area (Å²) in [6, 6.07) is 7.66. The highest BCUT2D eigenvalue weighted by molar-refractivity contribution is 9.09. The van der Waals surface area contributed by atoms with Gasteiger partial charge in [-0.3, -0.25) is 4.79 Å². The van der Waals surface area contributed by atoms with E-state index in [1.54, 1.807) is 7.11 Å². The number of unbranched alkanes of at least 4 members (excludes halogenated alkanes) is 3. The number of amides is 1. The minimum Gasteiger partial charge on any atom is -0.497 e. The summed E-state index contributed by atoms with van der Waals surface area (Å²) in [6.07, 6.45) is 9.40. The fourth-order valence-corrected chi connectivity index (χ4v) is 2.95. The van der Waals surface area contributed by atoms with Crippen LogP contribution in [-0.2, 0) is 9.53 Å². The van der Waals surface area contributed by atoms with Crippen molar-refractivity contribution >= 4 is 21.8 Å². The topological polar surface area (TPSA) is 47.6 Å². The van der Waals surface area contributed by atoms with E-state index >= 15 is 0 Å². The highest BCUT2D eigenvalue weighted by Gasteiger charge is 2.15. The minimum absolute atomic E-state index is 0.0242. The molecule has 1 atom stereocenters. The van der Waals surface area contributed by atoms with Gasteiger partial charge in [-0.2, -0.15) is 0 Å². The molecule has 5 heteroatoms. The lowest BCUT2D eigenvalue weighted by molar-refractivity contribution is -0.126. The highest BCUT2D eigenvalue weighted by atomic mass is 79.9. The molecule has 0 aliphatic carbocycles. The van der Waals surface area contributed by atoms with Gasteiger partial charge in [0.1, 0.15) is 5.75 Å². The third-order valence-corrected chi connectivity index (χ3v) is 4.61. The molecule has 0 aliphatic heterocycles. The van der Waals surface area contributed by atoms with Gasteiger partial charge >= 0.3 is 0 Å². The number of nitrogens with one attached hydrogen (secondary N) is 1. The van der Waals surface area contributed by atoms with Crippen molar-refractivity contribution in [1.82, 2.24) is 5.32 Å². The number of allylic oxidation sites excluding steroid dienone is 2. The maximum Gasteiger partial charge on any atom is 0.222 e. The van der Waals surface area contributed by atoms with Gasteiger partial charge in [0.2, 0.25) is 5.91 Å². The first kappa shape index (κ1) is 23.7. The zero-order valence-corrected chi connectivity index (χ0v) is 18.5. The van der Waals surface area contributed by atoms with Gasteiger partial charge in [0.25, 0.3) is 0 Å². The van der Waals surface area contributed by atoms with Crippen LogP contribution in [0.3, 0.4) is 0 Å². The number of alkyl halides is 1. The molecule has 0 saturated carbocycles. The first-order valence-corrected chi connectivity index (χ1v) is 11.0. The normalized spacial score (nSPS) is 12.5. The molecule has 0 saturated heterocycles. The molecular formula is C22H34BrNO3. The lowest BCUT2D eigenvalue weighted by Gasteiger charge is -2.20. The SMILES string of the molecule is COc1cccc(C(NC(=O)CCCCC=CC(C)C)OCCCCBr)c1. The first-order chi connectivity index (χ1) is 13.1.